The van der Waals surface area contributed by atoms with E-state index in [1.807, 2.05) is 0 Å². The van der Waals surface area contributed by atoms with E-state index >= 15 is 0 Å². The molecule has 1 unspecified atom stereocenters. The summed E-state index contributed by atoms with van der Waals surface area (Å²) in [5, 5.41) is 2.85. The molecule has 0 aromatic heterocycles. The van der Waals surface area contributed by atoms with Crippen LogP contribution in [0.1, 0.15) is 23.2 Å². The number of hydrogen-bond acceptors (Lipinski definition) is 4. The number of ether oxygens (including phenoxy) is 2. The van der Waals surface area contributed by atoms with Crippen LogP contribution in [0.3, 0.4) is 0 Å². The Morgan fingerprint density at radius 2 is 2.10 bits per heavy atom. The fourth-order valence-corrected chi connectivity index (χ4v) is 2.06. The number of carbonyl (C=O) groups is 1. The monoisotopic (exact) mass is 300 g/mol. The van der Waals surface area contributed by atoms with Gasteiger partial charge in [-0.1, -0.05) is 6.07 Å². The minimum Gasteiger partial charge on any atom is -0.493 e. The lowest BCUT2D eigenvalue weighted by Crippen LogP contribution is -2.38. The van der Waals surface area contributed by atoms with Crippen LogP contribution in [-0.2, 0) is 0 Å². The predicted octanol–water partition coefficient (Wildman–Crippen LogP) is 1.59. The van der Waals surface area contributed by atoms with Crippen LogP contribution in [-0.4, -0.2) is 32.7 Å². The average Bonchev–Trinajstić information content (AvgIpc) is 3.27. The second-order valence-corrected chi connectivity index (χ2v) is 4.75. The molecule has 0 aliphatic heterocycles. The molecule has 3 N–H and O–H groups in total. The number of nitrogens with one attached hydrogen (secondary N) is 1. The topological polar surface area (TPSA) is 73.6 Å². The fraction of sp³-hybridized carbons (Fsp3) is 0.500. The molecule has 0 bridgehead atoms. The molecule has 0 spiro atoms. The van der Waals surface area contributed by atoms with Crippen molar-refractivity contribution < 1.29 is 14.3 Å². The highest BCUT2D eigenvalue weighted by Crippen LogP contribution is 2.32. The number of hydrogen-bond donors (Lipinski definition) is 2. The number of amides is 1. The molecular formula is C14H21ClN2O3. The van der Waals surface area contributed by atoms with Crippen LogP contribution in [0.15, 0.2) is 18.2 Å². The molecule has 1 fully saturated rings. The van der Waals surface area contributed by atoms with Gasteiger partial charge >= 0.3 is 0 Å². The van der Waals surface area contributed by atoms with Gasteiger partial charge in [-0.2, -0.15) is 0 Å². The van der Waals surface area contributed by atoms with Gasteiger partial charge in [0.15, 0.2) is 11.5 Å². The summed E-state index contributed by atoms with van der Waals surface area (Å²) in [4.78, 5) is 12.1. The smallest absolute Gasteiger partial charge is 0.255 e. The first-order valence-corrected chi connectivity index (χ1v) is 6.42. The van der Waals surface area contributed by atoms with Crippen LogP contribution in [0, 0.1) is 5.92 Å². The van der Waals surface area contributed by atoms with E-state index in [2.05, 4.69) is 5.32 Å². The molecule has 0 saturated heterocycles. The van der Waals surface area contributed by atoms with E-state index in [0.717, 1.165) is 0 Å². The summed E-state index contributed by atoms with van der Waals surface area (Å²) in [5.41, 5.74) is 6.42. The third kappa shape index (κ3) is 3.77. The highest BCUT2D eigenvalue weighted by molar-refractivity contribution is 5.97. The van der Waals surface area contributed by atoms with E-state index in [0.29, 0.717) is 29.5 Å². The van der Waals surface area contributed by atoms with Crippen molar-refractivity contribution in [3.8, 4) is 11.5 Å². The van der Waals surface area contributed by atoms with Gasteiger partial charge in [0.2, 0.25) is 0 Å². The first-order chi connectivity index (χ1) is 9.17. The zero-order chi connectivity index (χ0) is 13.8. The number of para-hydroxylation sites is 1. The Kier molecular flexibility index (Phi) is 6.10. The van der Waals surface area contributed by atoms with Crippen molar-refractivity contribution in [3.63, 3.8) is 0 Å². The molecule has 1 saturated carbocycles. The van der Waals surface area contributed by atoms with Crippen molar-refractivity contribution in [2.45, 2.75) is 18.9 Å². The molecule has 1 aliphatic rings. The molecule has 112 valence electrons. The Hall–Kier alpha value is -1.46. The van der Waals surface area contributed by atoms with Crippen molar-refractivity contribution >= 4 is 18.3 Å². The standard InChI is InChI=1S/C14H20N2O3.ClH/c1-18-12-5-3-4-10(13(12)19-2)14(17)16-8-11(15)9-6-7-9;/h3-5,9,11H,6-8,15H2,1-2H3,(H,16,17);1H. The van der Waals surface area contributed by atoms with Gasteiger partial charge in [0.1, 0.15) is 0 Å². The number of benzene rings is 1. The Morgan fingerprint density at radius 3 is 2.65 bits per heavy atom. The molecule has 1 amide bonds. The van der Waals surface area contributed by atoms with Crippen LogP contribution in [0.2, 0.25) is 0 Å². The van der Waals surface area contributed by atoms with E-state index in [4.69, 9.17) is 15.2 Å². The summed E-state index contributed by atoms with van der Waals surface area (Å²) in [7, 11) is 3.06. The number of halogens is 1. The number of methoxy groups -OCH3 is 2. The lowest BCUT2D eigenvalue weighted by Gasteiger charge is -2.14. The van der Waals surface area contributed by atoms with Gasteiger partial charge < -0.3 is 20.5 Å². The highest BCUT2D eigenvalue weighted by atomic mass is 35.5. The van der Waals surface area contributed by atoms with Crippen molar-refractivity contribution in [3.05, 3.63) is 23.8 Å². The minimum absolute atomic E-state index is 0. The van der Waals surface area contributed by atoms with Crippen LogP contribution >= 0.6 is 12.4 Å². The zero-order valence-corrected chi connectivity index (χ0v) is 12.5. The van der Waals surface area contributed by atoms with Crippen molar-refractivity contribution in [2.75, 3.05) is 20.8 Å². The maximum atomic E-state index is 12.1. The molecule has 0 heterocycles. The van der Waals surface area contributed by atoms with Gasteiger partial charge in [-0.3, -0.25) is 4.79 Å². The fourth-order valence-electron chi connectivity index (χ4n) is 2.06. The van der Waals surface area contributed by atoms with E-state index in [9.17, 15) is 4.79 Å². The molecule has 1 atom stereocenters. The van der Waals surface area contributed by atoms with E-state index in [-0.39, 0.29) is 24.4 Å². The largest absolute Gasteiger partial charge is 0.493 e. The summed E-state index contributed by atoms with van der Waals surface area (Å²) < 4.78 is 10.4. The first kappa shape index (κ1) is 16.6. The normalized spacial score (nSPS) is 14.9. The summed E-state index contributed by atoms with van der Waals surface area (Å²) in [6, 6.07) is 5.27. The summed E-state index contributed by atoms with van der Waals surface area (Å²) >= 11 is 0. The average molecular weight is 301 g/mol. The maximum absolute atomic E-state index is 12.1. The molecule has 1 aromatic rings. The minimum atomic E-state index is -0.188. The Morgan fingerprint density at radius 1 is 1.40 bits per heavy atom. The van der Waals surface area contributed by atoms with E-state index in [1.165, 1.54) is 20.0 Å². The molecule has 1 aromatic carbocycles. The van der Waals surface area contributed by atoms with Crippen LogP contribution < -0.4 is 20.5 Å². The molecule has 20 heavy (non-hydrogen) atoms. The molecule has 2 rings (SSSR count). The van der Waals surface area contributed by atoms with Gasteiger partial charge in [0, 0.05) is 12.6 Å². The zero-order valence-electron chi connectivity index (χ0n) is 11.7. The number of carbonyl (C=O) groups excluding carboxylic acids is 1. The molecule has 5 nitrogen and oxygen atoms in total. The highest BCUT2D eigenvalue weighted by Gasteiger charge is 2.28. The predicted molar refractivity (Wildman–Crippen MR) is 79.8 cm³/mol. The Bertz CT molecular complexity index is 464. The molecular weight excluding hydrogens is 280 g/mol. The van der Waals surface area contributed by atoms with Crippen molar-refractivity contribution in [1.29, 1.82) is 0 Å². The van der Waals surface area contributed by atoms with Crippen LogP contribution in [0.4, 0.5) is 0 Å². The molecule has 6 heteroatoms. The van der Waals surface area contributed by atoms with Gasteiger partial charge in [-0.15, -0.1) is 12.4 Å². The van der Waals surface area contributed by atoms with Crippen molar-refractivity contribution in [2.24, 2.45) is 11.7 Å². The first-order valence-electron chi connectivity index (χ1n) is 6.42. The third-order valence-electron chi connectivity index (χ3n) is 3.37. The van der Waals surface area contributed by atoms with Crippen molar-refractivity contribution in [1.82, 2.24) is 5.32 Å². The lowest BCUT2D eigenvalue weighted by atomic mass is 10.1. The SMILES string of the molecule is COc1cccc(C(=O)NCC(N)C2CC2)c1OC.Cl. The van der Waals surface area contributed by atoms with Crippen LogP contribution in [0.25, 0.3) is 0 Å². The van der Waals surface area contributed by atoms with Gasteiger partial charge in [-0.25, -0.2) is 0 Å². The second kappa shape index (κ2) is 7.36. The van der Waals surface area contributed by atoms with E-state index in [1.54, 1.807) is 25.3 Å². The number of rotatable bonds is 6. The summed E-state index contributed by atoms with van der Waals surface area (Å²) in [6.45, 7) is 0.490. The third-order valence-corrected chi connectivity index (χ3v) is 3.37. The second-order valence-electron chi connectivity index (χ2n) is 4.75. The quantitative estimate of drug-likeness (QED) is 0.837. The van der Waals surface area contributed by atoms with Crippen LogP contribution in [0.5, 0.6) is 11.5 Å². The maximum Gasteiger partial charge on any atom is 0.255 e. The van der Waals surface area contributed by atoms with Gasteiger partial charge in [0.05, 0.1) is 19.8 Å². The summed E-state index contributed by atoms with van der Waals surface area (Å²) in [5.74, 6) is 1.36. The number of nitrogens with two attached hydrogens (primary N) is 1. The lowest BCUT2D eigenvalue weighted by molar-refractivity contribution is 0.0946. The van der Waals surface area contributed by atoms with E-state index < -0.39 is 0 Å². The van der Waals surface area contributed by atoms with Gasteiger partial charge in [-0.05, 0) is 30.9 Å². The molecule has 1 aliphatic carbocycles. The molecule has 0 radical (unpaired) electrons. The Balaban J connectivity index is 0.00000200. The van der Waals surface area contributed by atoms with Gasteiger partial charge in [0.25, 0.3) is 5.91 Å². The Labute approximate surface area is 125 Å². The summed E-state index contributed by atoms with van der Waals surface area (Å²) in [6.07, 6.45) is 2.33.